The minimum atomic E-state index is -5.08. The van der Waals surface area contributed by atoms with Crippen LogP contribution in [-0.4, -0.2) is 17.9 Å². The van der Waals surface area contributed by atoms with E-state index in [0.717, 1.165) is 19.3 Å². The first-order valence-electron chi connectivity index (χ1n) is 9.40. The third kappa shape index (κ3) is 5.91. The summed E-state index contributed by atoms with van der Waals surface area (Å²) in [6.07, 6.45) is -1.37. The maximum Gasteiger partial charge on any atom is 0.491 e. The number of alkyl halides is 3. The minimum Gasteiger partial charge on any atom is -0.429 e. The van der Waals surface area contributed by atoms with Crippen molar-refractivity contribution in [1.29, 1.82) is 0 Å². The number of carbonyl (C=O) groups is 1. The maximum absolute atomic E-state index is 12.8. The monoisotopic (exact) mass is 396 g/mol. The normalized spacial score (nSPS) is 19.5. The standard InChI is InChI=1S/C21H27F3N2O2/c1-15-9-8-13-19(2,3)17(15)12-14-20(4,28-18(27)21(22,23)24)26-25-16-10-6-5-7-11-16/h5-7,10-11H,8-9,12-14H2,1-4H3. The highest BCUT2D eigenvalue weighted by Crippen LogP contribution is 2.43. The SMILES string of the molecule is CC1=C(CCC(C)(N=Nc2ccccc2)OC(=O)C(F)(F)F)C(C)(C)CCC1. The molecule has 0 amide bonds. The van der Waals surface area contributed by atoms with E-state index in [-0.39, 0.29) is 11.8 Å². The van der Waals surface area contributed by atoms with Crippen molar-refractivity contribution < 1.29 is 22.7 Å². The summed E-state index contributed by atoms with van der Waals surface area (Å²) in [5.74, 6) is -2.25. The van der Waals surface area contributed by atoms with E-state index in [9.17, 15) is 18.0 Å². The molecule has 0 saturated heterocycles. The van der Waals surface area contributed by atoms with Crippen LogP contribution in [0.1, 0.15) is 59.8 Å². The van der Waals surface area contributed by atoms with Crippen molar-refractivity contribution in [2.75, 3.05) is 0 Å². The second-order valence-corrected chi connectivity index (χ2v) is 8.09. The molecule has 7 heteroatoms. The fraction of sp³-hybridized carbons (Fsp3) is 0.571. The number of ether oxygens (including phenoxy) is 1. The number of rotatable bonds is 6. The average Bonchev–Trinajstić information content (AvgIpc) is 2.59. The van der Waals surface area contributed by atoms with E-state index >= 15 is 0 Å². The first-order chi connectivity index (χ1) is 12.9. The van der Waals surface area contributed by atoms with Crippen LogP contribution >= 0.6 is 0 Å². The summed E-state index contributed by atoms with van der Waals surface area (Å²) in [7, 11) is 0. The van der Waals surface area contributed by atoms with Crippen LogP contribution in [0.2, 0.25) is 0 Å². The Morgan fingerprint density at radius 2 is 1.86 bits per heavy atom. The van der Waals surface area contributed by atoms with Crippen LogP contribution in [0.3, 0.4) is 0 Å². The molecule has 1 aromatic rings. The van der Waals surface area contributed by atoms with E-state index < -0.39 is 17.9 Å². The molecule has 0 radical (unpaired) electrons. The molecule has 0 aliphatic heterocycles. The predicted octanol–water partition coefficient (Wildman–Crippen LogP) is 6.90. The highest BCUT2D eigenvalue weighted by molar-refractivity contribution is 5.76. The smallest absolute Gasteiger partial charge is 0.429 e. The lowest BCUT2D eigenvalue weighted by atomic mass is 9.71. The Labute approximate surface area is 163 Å². The molecule has 0 fully saturated rings. The van der Waals surface area contributed by atoms with E-state index in [4.69, 9.17) is 4.74 Å². The van der Waals surface area contributed by atoms with Gasteiger partial charge in [-0.1, -0.05) is 43.2 Å². The Bertz CT molecular complexity index is 755. The number of hydrogen-bond donors (Lipinski definition) is 0. The zero-order valence-corrected chi connectivity index (χ0v) is 16.8. The van der Waals surface area contributed by atoms with Crippen LogP contribution in [-0.2, 0) is 9.53 Å². The van der Waals surface area contributed by atoms with Gasteiger partial charge in [-0.3, -0.25) is 0 Å². The van der Waals surface area contributed by atoms with E-state index in [1.807, 2.05) is 0 Å². The highest BCUT2D eigenvalue weighted by atomic mass is 19.4. The summed E-state index contributed by atoms with van der Waals surface area (Å²) < 4.78 is 43.1. The molecule has 1 unspecified atom stereocenters. The maximum atomic E-state index is 12.8. The molecule has 154 valence electrons. The van der Waals surface area contributed by atoms with Gasteiger partial charge in [-0.05, 0) is 57.1 Å². The second kappa shape index (κ2) is 8.45. The van der Waals surface area contributed by atoms with E-state index in [1.54, 1.807) is 30.3 Å². The number of hydrogen-bond acceptors (Lipinski definition) is 4. The first-order valence-corrected chi connectivity index (χ1v) is 9.40. The number of carbonyl (C=O) groups excluding carboxylic acids is 1. The molecule has 1 atom stereocenters. The topological polar surface area (TPSA) is 51.0 Å². The fourth-order valence-electron chi connectivity index (χ4n) is 3.62. The van der Waals surface area contributed by atoms with Crippen molar-refractivity contribution in [3.8, 4) is 0 Å². The van der Waals surface area contributed by atoms with Crippen molar-refractivity contribution in [2.24, 2.45) is 15.6 Å². The molecule has 2 rings (SSSR count). The Hall–Kier alpha value is -2.18. The van der Waals surface area contributed by atoms with Gasteiger partial charge in [0.05, 0.1) is 5.69 Å². The largest absolute Gasteiger partial charge is 0.491 e. The Morgan fingerprint density at radius 3 is 2.43 bits per heavy atom. The molecule has 1 aliphatic rings. The number of halogens is 3. The lowest BCUT2D eigenvalue weighted by molar-refractivity contribution is -0.213. The van der Waals surface area contributed by atoms with Gasteiger partial charge in [-0.15, -0.1) is 5.11 Å². The summed E-state index contributed by atoms with van der Waals surface area (Å²) in [5, 5.41) is 7.99. The molecule has 0 aromatic heterocycles. The lowest BCUT2D eigenvalue weighted by Gasteiger charge is -2.36. The quantitative estimate of drug-likeness (QED) is 0.298. The second-order valence-electron chi connectivity index (χ2n) is 8.09. The number of nitrogens with zero attached hydrogens (tertiary/aromatic N) is 2. The van der Waals surface area contributed by atoms with Gasteiger partial charge in [0, 0.05) is 6.42 Å². The van der Waals surface area contributed by atoms with Crippen molar-refractivity contribution in [3.05, 3.63) is 41.5 Å². The zero-order chi connectivity index (χ0) is 21.0. The van der Waals surface area contributed by atoms with Crippen molar-refractivity contribution in [3.63, 3.8) is 0 Å². The van der Waals surface area contributed by atoms with Crippen molar-refractivity contribution >= 4 is 11.7 Å². The van der Waals surface area contributed by atoms with Crippen LogP contribution in [0.5, 0.6) is 0 Å². The summed E-state index contributed by atoms with van der Waals surface area (Å²) in [6, 6.07) is 8.62. The Kier molecular flexibility index (Phi) is 6.67. The number of esters is 1. The molecule has 4 nitrogen and oxygen atoms in total. The summed E-state index contributed by atoms with van der Waals surface area (Å²) >= 11 is 0. The molecule has 1 aliphatic carbocycles. The van der Waals surface area contributed by atoms with Crippen molar-refractivity contribution in [1.82, 2.24) is 0 Å². The molecule has 0 bridgehead atoms. The van der Waals surface area contributed by atoms with Crippen molar-refractivity contribution in [2.45, 2.75) is 71.7 Å². The van der Waals surface area contributed by atoms with Gasteiger partial charge in [-0.25, -0.2) is 4.79 Å². The molecule has 0 saturated carbocycles. The molecular formula is C21H27F3N2O2. The highest BCUT2D eigenvalue weighted by Gasteiger charge is 2.45. The average molecular weight is 396 g/mol. The van der Waals surface area contributed by atoms with E-state index in [2.05, 4.69) is 31.0 Å². The fourth-order valence-corrected chi connectivity index (χ4v) is 3.62. The van der Waals surface area contributed by atoms with Gasteiger partial charge < -0.3 is 4.74 Å². The molecule has 1 aromatic carbocycles. The van der Waals surface area contributed by atoms with Crippen LogP contribution in [0, 0.1) is 5.41 Å². The third-order valence-corrected chi connectivity index (χ3v) is 5.20. The molecule has 0 heterocycles. The summed E-state index contributed by atoms with van der Waals surface area (Å²) in [6.45, 7) is 7.70. The third-order valence-electron chi connectivity index (χ3n) is 5.20. The molecular weight excluding hydrogens is 369 g/mol. The molecule has 0 spiro atoms. The van der Waals surface area contributed by atoms with Gasteiger partial charge >= 0.3 is 12.1 Å². The van der Waals surface area contributed by atoms with Gasteiger partial charge in [0.25, 0.3) is 0 Å². The van der Waals surface area contributed by atoms with Gasteiger partial charge in [0.2, 0.25) is 5.72 Å². The van der Waals surface area contributed by atoms with Gasteiger partial charge in [0.15, 0.2) is 0 Å². The van der Waals surface area contributed by atoms with Crippen LogP contribution in [0.25, 0.3) is 0 Å². The zero-order valence-electron chi connectivity index (χ0n) is 16.8. The number of azo groups is 1. The first kappa shape index (κ1) is 22.1. The van der Waals surface area contributed by atoms with Crippen LogP contribution in [0.15, 0.2) is 51.7 Å². The van der Waals surface area contributed by atoms with Crippen LogP contribution in [0.4, 0.5) is 18.9 Å². The summed E-state index contributed by atoms with van der Waals surface area (Å²) in [5.41, 5.74) is 1.19. The number of benzene rings is 1. The molecule has 28 heavy (non-hydrogen) atoms. The Morgan fingerprint density at radius 1 is 1.21 bits per heavy atom. The summed E-state index contributed by atoms with van der Waals surface area (Å²) in [4.78, 5) is 11.5. The van der Waals surface area contributed by atoms with E-state index in [0.29, 0.717) is 12.1 Å². The van der Waals surface area contributed by atoms with E-state index in [1.165, 1.54) is 18.1 Å². The van der Waals surface area contributed by atoms with Gasteiger partial charge in [-0.2, -0.15) is 18.3 Å². The van der Waals surface area contributed by atoms with Gasteiger partial charge in [0.1, 0.15) is 0 Å². The minimum absolute atomic E-state index is 0.0339. The Balaban J connectivity index is 2.25. The number of allylic oxidation sites excluding steroid dienone is 2. The van der Waals surface area contributed by atoms with Crippen LogP contribution < -0.4 is 0 Å². The predicted molar refractivity (Wildman–Crippen MR) is 101 cm³/mol. The lowest BCUT2D eigenvalue weighted by Crippen LogP contribution is -2.37. The molecule has 0 N–H and O–H groups in total.